The normalized spacial score (nSPS) is 15.4. The molecule has 29 heavy (non-hydrogen) atoms. The van der Waals surface area contributed by atoms with Crippen molar-refractivity contribution in [1.29, 1.82) is 0 Å². The van der Waals surface area contributed by atoms with Crippen LogP contribution in [-0.2, 0) is 0 Å². The molecule has 0 aliphatic heterocycles. The van der Waals surface area contributed by atoms with Crippen LogP contribution in [0.3, 0.4) is 0 Å². The quantitative estimate of drug-likeness (QED) is 0.377. The fourth-order valence-corrected chi connectivity index (χ4v) is 4.80. The lowest BCUT2D eigenvalue weighted by Crippen LogP contribution is -2.27. The highest BCUT2D eigenvalue weighted by molar-refractivity contribution is 7.17. The Labute approximate surface area is 174 Å². The number of fused-ring (bicyclic) bond motifs is 2. The van der Waals surface area contributed by atoms with E-state index in [0.717, 1.165) is 22.8 Å². The first kappa shape index (κ1) is 18.4. The molecular formula is C22H26N6S. The fraction of sp³-hybridized carbons (Fsp3) is 0.409. The average Bonchev–Trinajstić information content (AvgIpc) is 3.40. The van der Waals surface area contributed by atoms with Crippen LogP contribution in [0.2, 0.25) is 0 Å². The van der Waals surface area contributed by atoms with E-state index in [2.05, 4.69) is 66.0 Å². The highest BCUT2D eigenvalue weighted by Gasteiger charge is 2.23. The van der Waals surface area contributed by atoms with Crippen LogP contribution in [0.1, 0.15) is 58.2 Å². The number of H-pyrrole nitrogens is 1. The van der Waals surface area contributed by atoms with Crippen LogP contribution in [0.25, 0.3) is 21.3 Å². The maximum Gasteiger partial charge on any atom is 0.231 e. The van der Waals surface area contributed by atoms with Gasteiger partial charge in [0, 0.05) is 21.8 Å². The second-order valence-corrected chi connectivity index (χ2v) is 9.82. The van der Waals surface area contributed by atoms with Crippen LogP contribution in [-0.4, -0.2) is 25.5 Å². The molecule has 5 rings (SSSR count). The lowest BCUT2D eigenvalue weighted by molar-refractivity contribution is 0.631. The summed E-state index contributed by atoms with van der Waals surface area (Å²) >= 11 is 1.73. The third-order valence-corrected chi connectivity index (χ3v) is 6.20. The number of aromatic amines is 1. The number of rotatable bonds is 4. The summed E-state index contributed by atoms with van der Waals surface area (Å²) in [4.78, 5) is 17.9. The van der Waals surface area contributed by atoms with Gasteiger partial charge in [0.15, 0.2) is 11.5 Å². The first-order valence-corrected chi connectivity index (χ1v) is 11.1. The van der Waals surface area contributed by atoms with E-state index < -0.39 is 0 Å². The van der Waals surface area contributed by atoms with Gasteiger partial charge in [-0.25, -0.2) is 4.98 Å². The van der Waals surface area contributed by atoms with E-state index in [1.165, 1.54) is 35.8 Å². The number of hydrogen-bond acceptors (Lipinski definition) is 6. The molecule has 1 saturated carbocycles. The molecule has 0 radical (unpaired) electrons. The SMILES string of the molecule is CC(C)(C)Nc1nc(Nc2ccc3ccsc3c2)nc2nc(C3CCCC3)[nH]c12. The molecular weight excluding hydrogens is 380 g/mol. The second kappa shape index (κ2) is 6.99. The van der Waals surface area contributed by atoms with Crippen molar-refractivity contribution in [2.45, 2.75) is 57.9 Å². The monoisotopic (exact) mass is 406 g/mol. The topological polar surface area (TPSA) is 78.5 Å². The van der Waals surface area contributed by atoms with E-state index in [1.807, 2.05) is 0 Å². The van der Waals surface area contributed by atoms with Crippen molar-refractivity contribution in [1.82, 2.24) is 19.9 Å². The highest BCUT2D eigenvalue weighted by atomic mass is 32.1. The summed E-state index contributed by atoms with van der Waals surface area (Å²) in [7, 11) is 0. The molecule has 1 aliphatic rings. The standard InChI is InChI=1S/C22H26N6S/c1-22(2,3)28-20-17-19(25-18(24-17)14-6-4-5-7-14)26-21(27-20)23-15-9-8-13-10-11-29-16(13)12-15/h8-12,14H,4-7H2,1-3H3,(H3,23,24,25,26,27,28). The maximum absolute atomic E-state index is 4.84. The molecule has 0 bridgehead atoms. The zero-order chi connectivity index (χ0) is 20.0. The van der Waals surface area contributed by atoms with Crippen molar-refractivity contribution in [3.05, 3.63) is 35.5 Å². The summed E-state index contributed by atoms with van der Waals surface area (Å²) in [5.41, 5.74) is 2.47. The molecule has 150 valence electrons. The summed E-state index contributed by atoms with van der Waals surface area (Å²) in [5, 5.41) is 10.3. The van der Waals surface area contributed by atoms with Crippen molar-refractivity contribution in [3.8, 4) is 0 Å². The van der Waals surface area contributed by atoms with Crippen LogP contribution in [0, 0.1) is 0 Å². The minimum Gasteiger partial charge on any atom is -0.364 e. The van der Waals surface area contributed by atoms with Crippen molar-refractivity contribution >= 4 is 50.0 Å². The number of imidazole rings is 1. The van der Waals surface area contributed by atoms with Crippen LogP contribution in [0.15, 0.2) is 29.6 Å². The van der Waals surface area contributed by atoms with Gasteiger partial charge >= 0.3 is 0 Å². The molecule has 0 saturated heterocycles. The van der Waals surface area contributed by atoms with Gasteiger partial charge in [-0.3, -0.25) is 0 Å². The van der Waals surface area contributed by atoms with E-state index in [9.17, 15) is 0 Å². The minimum atomic E-state index is -0.118. The second-order valence-electron chi connectivity index (χ2n) is 8.87. The van der Waals surface area contributed by atoms with Gasteiger partial charge in [0.1, 0.15) is 11.3 Å². The summed E-state index contributed by atoms with van der Waals surface area (Å²) in [6.07, 6.45) is 4.94. The van der Waals surface area contributed by atoms with Crippen molar-refractivity contribution < 1.29 is 0 Å². The molecule has 3 N–H and O–H groups in total. The molecule has 0 amide bonds. The predicted octanol–water partition coefficient (Wildman–Crippen LogP) is 6.18. The van der Waals surface area contributed by atoms with Crippen LogP contribution >= 0.6 is 11.3 Å². The third kappa shape index (κ3) is 3.79. The zero-order valence-corrected chi connectivity index (χ0v) is 17.9. The summed E-state index contributed by atoms with van der Waals surface area (Å²) in [6, 6.07) is 8.45. The summed E-state index contributed by atoms with van der Waals surface area (Å²) in [6.45, 7) is 6.40. The first-order chi connectivity index (χ1) is 13.9. The predicted molar refractivity (Wildman–Crippen MR) is 121 cm³/mol. The maximum atomic E-state index is 4.84. The number of nitrogens with one attached hydrogen (secondary N) is 3. The molecule has 0 unspecified atom stereocenters. The summed E-state index contributed by atoms with van der Waals surface area (Å²) < 4.78 is 1.24. The molecule has 3 heterocycles. The van der Waals surface area contributed by atoms with Crippen molar-refractivity contribution in [2.24, 2.45) is 0 Å². The fourth-order valence-electron chi connectivity index (χ4n) is 3.97. The van der Waals surface area contributed by atoms with E-state index in [-0.39, 0.29) is 5.54 Å². The number of hydrogen-bond donors (Lipinski definition) is 3. The Hall–Kier alpha value is -2.67. The Balaban J connectivity index is 1.55. The Morgan fingerprint density at radius 3 is 2.69 bits per heavy atom. The molecule has 7 heteroatoms. The van der Waals surface area contributed by atoms with Gasteiger partial charge in [-0.05, 0) is 62.6 Å². The largest absolute Gasteiger partial charge is 0.364 e. The highest BCUT2D eigenvalue weighted by Crippen LogP contribution is 2.35. The van der Waals surface area contributed by atoms with Gasteiger partial charge < -0.3 is 15.6 Å². The first-order valence-electron chi connectivity index (χ1n) is 10.2. The van der Waals surface area contributed by atoms with Gasteiger partial charge in [0.05, 0.1) is 0 Å². The molecule has 4 aromatic rings. The smallest absolute Gasteiger partial charge is 0.231 e. The molecule has 1 aliphatic carbocycles. The number of anilines is 3. The number of benzene rings is 1. The van der Waals surface area contributed by atoms with Gasteiger partial charge in [0.2, 0.25) is 5.95 Å². The molecule has 1 fully saturated rings. The van der Waals surface area contributed by atoms with Crippen LogP contribution in [0.5, 0.6) is 0 Å². The van der Waals surface area contributed by atoms with E-state index in [1.54, 1.807) is 11.3 Å². The van der Waals surface area contributed by atoms with Crippen LogP contribution in [0.4, 0.5) is 17.5 Å². The molecule has 0 atom stereocenters. The number of aromatic nitrogens is 4. The Bertz CT molecular complexity index is 1160. The lowest BCUT2D eigenvalue weighted by atomic mass is 10.1. The zero-order valence-electron chi connectivity index (χ0n) is 17.0. The average molecular weight is 407 g/mol. The molecule has 1 aromatic carbocycles. The van der Waals surface area contributed by atoms with Crippen LogP contribution < -0.4 is 10.6 Å². The van der Waals surface area contributed by atoms with E-state index in [4.69, 9.17) is 15.0 Å². The molecule has 0 spiro atoms. The Kier molecular flexibility index (Phi) is 4.42. The van der Waals surface area contributed by atoms with Crippen molar-refractivity contribution in [2.75, 3.05) is 10.6 Å². The van der Waals surface area contributed by atoms with Crippen molar-refractivity contribution in [3.63, 3.8) is 0 Å². The summed E-state index contributed by atoms with van der Waals surface area (Å²) in [5.74, 6) is 2.90. The van der Waals surface area contributed by atoms with Gasteiger partial charge in [-0.1, -0.05) is 18.9 Å². The van der Waals surface area contributed by atoms with Gasteiger partial charge in [0.25, 0.3) is 0 Å². The lowest BCUT2D eigenvalue weighted by Gasteiger charge is -2.21. The number of thiophene rings is 1. The molecule has 3 aromatic heterocycles. The van der Waals surface area contributed by atoms with E-state index in [0.29, 0.717) is 17.5 Å². The number of nitrogens with zero attached hydrogens (tertiary/aromatic N) is 3. The third-order valence-electron chi connectivity index (χ3n) is 5.32. The van der Waals surface area contributed by atoms with Gasteiger partial charge in [-0.15, -0.1) is 11.3 Å². The minimum absolute atomic E-state index is 0.118. The Morgan fingerprint density at radius 2 is 1.90 bits per heavy atom. The Morgan fingerprint density at radius 1 is 1.07 bits per heavy atom. The van der Waals surface area contributed by atoms with Gasteiger partial charge in [-0.2, -0.15) is 9.97 Å². The molecule has 6 nitrogen and oxygen atoms in total. The van der Waals surface area contributed by atoms with E-state index >= 15 is 0 Å².